The van der Waals surface area contributed by atoms with Gasteiger partial charge in [0.15, 0.2) is 0 Å². The van der Waals surface area contributed by atoms with E-state index in [1.54, 1.807) is 0 Å². The Morgan fingerprint density at radius 3 is 2.33 bits per heavy atom. The summed E-state index contributed by atoms with van der Waals surface area (Å²) in [5.74, 6) is 1.93. The lowest BCUT2D eigenvalue weighted by atomic mass is 9.67. The Balaban J connectivity index is 1.87. The van der Waals surface area contributed by atoms with Gasteiger partial charge in [0, 0.05) is 6.54 Å². The second-order valence-corrected chi connectivity index (χ2v) is 6.20. The number of likely N-dealkylation sites (tertiary alicyclic amines) is 1. The zero-order valence-corrected chi connectivity index (χ0v) is 10.8. The highest BCUT2D eigenvalue weighted by Gasteiger charge is 2.40. The lowest BCUT2D eigenvalue weighted by molar-refractivity contribution is 0.130. The third-order valence-corrected chi connectivity index (χ3v) is 5.00. The molecule has 1 aliphatic heterocycles. The van der Waals surface area contributed by atoms with Crippen molar-refractivity contribution < 1.29 is 0 Å². The summed E-state index contributed by atoms with van der Waals surface area (Å²) < 4.78 is 0. The topological polar surface area (TPSA) is 3.24 Å². The van der Waals surface area contributed by atoms with Gasteiger partial charge in [-0.2, -0.15) is 0 Å². The highest BCUT2D eigenvalue weighted by molar-refractivity contribution is 4.93. The van der Waals surface area contributed by atoms with Gasteiger partial charge in [0.2, 0.25) is 0 Å². The maximum Gasteiger partial charge on any atom is 0.00383 e. The Labute approximate surface area is 95.2 Å². The molecule has 0 aromatic heterocycles. The second kappa shape index (κ2) is 4.45. The summed E-state index contributed by atoms with van der Waals surface area (Å²) in [6, 6.07) is 0. The van der Waals surface area contributed by atoms with Crippen molar-refractivity contribution in [1.29, 1.82) is 0 Å². The molecule has 1 heterocycles. The van der Waals surface area contributed by atoms with Gasteiger partial charge in [0.1, 0.15) is 0 Å². The average Bonchev–Trinajstić information content (AvgIpc) is 2.62. The molecule has 1 spiro atoms. The van der Waals surface area contributed by atoms with Crippen molar-refractivity contribution in [2.75, 3.05) is 19.6 Å². The molecule has 15 heavy (non-hydrogen) atoms. The van der Waals surface area contributed by atoms with E-state index in [0.29, 0.717) is 0 Å². The normalized spacial score (nSPS) is 38.0. The summed E-state index contributed by atoms with van der Waals surface area (Å²) in [5.41, 5.74) is 0.738. The zero-order chi connectivity index (χ0) is 10.9. The van der Waals surface area contributed by atoms with Crippen LogP contribution >= 0.6 is 0 Å². The van der Waals surface area contributed by atoms with Crippen LogP contribution < -0.4 is 0 Å². The number of hydrogen-bond donors (Lipinski definition) is 0. The highest BCUT2D eigenvalue weighted by Crippen LogP contribution is 2.46. The molecule has 0 amide bonds. The largest absolute Gasteiger partial charge is 0.303 e. The van der Waals surface area contributed by atoms with Crippen molar-refractivity contribution in [1.82, 2.24) is 4.90 Å². The van der Waals surface area contributed by atoms with Crippen LogP contribution in [0.4, 0.5) is 0 Å². The first kappa shape index (κ1) is 11.4. The first-order valence-corrected chi connectivity index (χ1v) is 6.87. The van der Waals surface area contributed by atoms with Crippen LogP contribution in [0.2, 0.25) is 0 Å². The Bertz CT molecular complexity index is 201. The standard InChI is InChI=1S/C14H27N/c1-4-15-10-9-14(11-15)7-5-13(6-8-14)12(2)3/h12-13H,4-11H2,1-3H3. The molecule has 0 aromatic carbocycles. The smallest absolute Gasteiger partial charge is 0.00383 e. The second-order valence-electron chi connectivity index (χ2n) is 6.20. The van der Waals surface area contributed by atoms with Crippen LogP contribution in [-0.2, 0) is 0 Å². The van der Waals surface area contributed by atoms with E-state index in [0.717, 1.165) is 17.3 Å². The van der Waals surface area contributed by atoms with Gasteiger partial charge in [-0.05, 0) is 62.4 Å². The molecule has 1 saturated carbocycles. The SMILES string of the molecule is CCN1CCC2(CCC(C(C)C)CC2)C1. The van der Waals surface area contributed by atoms with Gasteiger partial charge < -0.3 is 4.90 Å². The molecule has 2 rings (SSSR count). The van der Waals surface area contributed by atoms with Crippen molar-refractivity contribution in [3.8, 4) is 0 Å². The summed E-state index contributed by atoms with van der Waals surface area (Å²) in [5, 5.41) is 0. The van der Waals surface area contributed by atoms with Gasteiger partial charge in [-0.15, -0.1) is 0 Å². The van der Waals surface area contributed by atoms with Crippen molar-refractivity contribution in [3.63, 3.8) is 0 Å². The molecule has 88 valence electrons. The van der Waals surface area contributed by atoms with E-state index in [2.05, 4.69) is 25.7 Å². The van der Waals surface area contributed by atoms with Crippen LogP contribution in [0.25, 0.3) is 0 Å². The Morgan fingerprint density at radius 2 is 1.87 bits per heavy atom. The van der Waals surface area contributed by atoms with E-state index in [-0.39, 0.29) is 0 Å². The molecule has 0 radical (unpaired) electrons. The van der Waals surface area contributed by atoms with E-state index in [1.807, 2.05) is 0 Å². The Kier molecular flexibility index (Phi) is 3.39. The lowest BCUT2D eigenvalue weighted by Gasteiger charge is -2.38. The van der Waals surface area contributed by atoms with Crippen molar-refractivity contribution in [2.45, 2.75) is 52.9 Å². The Morgan fingerprint density at radius 1 is 1.20 bits per heavy atom. The Hall–Kier alpha value is -0.0400. The van der Waals surface area contributed by atoms with Crippen LogP contribution in [0, 0.1) is 17.3 Å². The molecule has 1 heteroatoms. The zero-order valence-electron chi connectivity index (χ0n) is 10.8. The molecule has 0 aromatic rings. The molecule has 0 unspecified atom stereocenters. The fraction of sp³-hybridized carbons (Fsp3) is 1.00. The molecular weight excluding hydrogens is 182 g/mol. The maximum absolute atomic E-state index is 2.65. The predicted molar refractivity (Wildman–Crippen MR) is 66.0 cm³/mol. The minimum atomic E-state index is 0.738. The lowest BCUT2D eigenvalue weighted by Crippen LogP contribution is -2.32. The first-order chi connectivity index (χ1) is 7.15. The van der Waals surface area contributed by atoms with Gasteiger partial charge in [0.25, 0.3) is 0 Å². The van der Waals surface area contributed by atoms with Gasteiger partial charge in [0.05, 0.1) is 0 Å². The van der Waals surface area contributed by atoms with Crippen LogP contribution in [0.1, 0.15) is 52.9 Å². The minimum Gasteiger partial charge on any atom is -0.303 e. The van der Waals surface area contributed by atoms with E-state index in [1.165, 1.54) is 51.7 Å². The molecule has 1 nitrogen and oxygen atoms in total. The quantitative estimate of drug-likeness (QED) is 0.672. The van der Waals surface area contributed by atoms with Gasteiger partial charge >= 0.3 is 0 Å². The van der Waals surface area contributed by atoms with Gasteiger partial charge in [-0.3, -0.25) is 0 Å². The molecule has 2 aliphatic rings. The van der Waals surface area contributed by atoms with E-state index >= 15 is 0 Å². The fourth-order valence-corrected chi connectivity index (χ4v) is 3.62. The summed E-state index contributed by atoms with van der Waals surface area (Å²) in [4.78, 5) is 2.65. The van der Waals surface area contributed by atoms with Gasteiger partial charge in [-0.1, -0.05) is 20.8 Å². The molecule has 0 bridgehead atoms. The van der Waals surface area contributed by atoms with Crippen molar-refractivity contribution in [2.24, 2.45) is 17.3 Å². The summed E-state index contributed by atoms with van der Waals surface area (Å²) in [6.45, 7) is 11.1. The highest BCUT2D eigenvalue weighted by atomic mass is 15.1. The van der Waals surface area contributed by atoms with Crippen LogP contribution in [-0.4, -0.2) is 24.5 Å². The van der Waals surface area contributed by atoms with E-state index in [9.17, 15) is 0 Å². The van der Waals surface area contributed by atoms with Crippen LogP contribution in [0.5, 0.6) is 0 Å². The number of rotatable bonds is 2. The molecule has 0 N–H and O–H groups in total. The monoisotopic (exact) mass is 209 g/mol. The number of nitrogens with zero attached hydrogens (tertiary/aromatic N) is 1. The molecule has 2 fully saturated rings. The summed E-state index contributed by atoms with van der Waals surface area (Å²) in [7, 11) is 0. The first-order valence-electron chi connectivity index (χ1n) is 6.87. The summed E-state index contributed by atoms with van der Waals surface area (Å²) >= 11 is 0. The molecule has 1 saturated heterocycles. The van der Waals surface area contributed by atoms with Crippen molar-refractivity contribution in [3.05, 3.63) is 0 Å². The van der Waals surface area contributed by atoms with E-state index in [4.69, 9.17) is 0 Å². The maximum atomic E-state index is 2.65. The van der Waals surface area contributed by atoms with Gasteiger partial charge in [-0.25, -0.2) is 0 Å². The summed E-state index contributed by atoms with van der Waals surface area (Å²) in [6.07, 6.45) is 7.48. The number of hydrogen-bond acceptors (Lipinski definition) is 1. The van der Waals surface area contributed by atoms with Crippen molar-refractivity contribution >= 4 is 0 Å². The fourth-order valence-electron chi connectivity index (χ4n) is 3.62. The molecular formula is C14H27N. The third kappa shape index (κ3) is 2.38. The van der Waals surface area contributed by atoms with Crippen LogP contribution in [0.3, 0.4) is 0 Å². The van der Waals surface area contributed by atoms with Crippen LogP contribution in [0.15, 0.2) is 0 Å². The predicted octanol–water partition coefficient (Wildman–Crippen LogP) is 3.54. The van der Waals surface area contributed by atoms with E-state index < -0.39 is 0 Å². The third-order valence-electron chi connectivity index (χ3n) is 5.00. The molecule has 1 aliphatic carbocycles. The average molecular weight is 209 g/mol. The minimum absolute atomic E-state index is 0.738. The molecule has 0 atom stereocenters.